The number of hydrogen-bond donors (Lipinski definition) is 3. The molecule has 0 aliphatic heterocycles. The summed E-state index contributed by atoms with van der Waals surface area (Å²) in [4.78, 5) is 35.8. The number of hydrogen-bond acceptors (Lipinski definition) is 4. The van der Waals surface area contributed by atoms with Gasteiger partial charge in [-0.1, -0.05) is 34.6 Å². The van der Waals surface area contributed by atoms with E-state index in [-0.39, 0.29) is 5.92 Å². The van der Waals surface area contributed by atoms with Gasteiger partial charge in [-0.25, -0.2) is 9.59 Å². The SMILES string of the molecule is CC(C)C[C@H](NC(=O)OC(C)(C)C)C(=O)N[C@H](C(=O)O)C(C)(C)C. The first-order valence-corrected chi connectivity index (χ1v) is 8.16. The molecule has 0 spiro atoms. The minimum atomic E-state index is -1.11. The average Bonchev–Trinajstić information content (AvgIpc) is 2.29. The van der Waals surface area contributed by atoms with Crippen molar-refractivity contribution in [1.82, 2.24) is 10.6 Å². The lowest BCUT2D eigenvalue weighted by Crippen LogP contribution is -2.56. The Bertz CT molecular complexity index is 461. The van der Waals surface area contributed by atoms with Gasteiger partial charge < -0.3 is 20.5 Å². The topological polar surface area (TPSA) is 105 Å². The van der Waals surface area contributed by atoms with E-state index in [4.69, 9.17) is 4.74 Å². The van der Waals surface area contributed by atoms with Crippen LogP contribution in [0.2, 0.25) is 0 Å². The van der Waals surface area contributed by atoms with E-state index in [0.29, 0.717) is 6.42 Å². The molecule has 2 amide bonds. The third-order valence-electron chi connectivity index (χ3n) is 3.11. The van der Waals surface area contributed by atoms with E-state index in [2.05, 4.69) is 10.6 Å². The highest BCUT2D eigenvalue weighted by molar-refractivity contribution is 5.89. The molecule has 0 aromatic heterocycles. The van der Waals surface area contributed by atoms with E-state index >= 15 is 0 Å². The van der Waals surface area contributed by atoms with Gasteiger partial charge in [0.2, 0.25) is 5.91 Å². The number of carboxylic acid groups (broad SMARTS) is 1. The Morgan fingerprint density at radius 2 is 1.50 bits per heavy atom. The average molecular weight is 344 g/mol. The number of carbonyl (C=O) groups is 3. The highest BCUT2D eigenvalue weighted by Gasteiger charge is 2.35. The van der Waals surface area contributed by atoms with E-state index in [0.717, 1.165) is 0 Å². The molecule has 7 heteroatoms. The van der Waals surface area contributed by atoms with Crippen molar-refractivity contribution in [3.05, 3.63) is 0 Å². The number of carboxylic acids is 1. The molecule has 24 heavy (non-hydrogen) atoms. The zero-order chi connectivity index (χ0) is 19.3. The monoisotopic (exact) mass is 344 g/mol. The van der Waals surface area contributed by atoms with Crippen LogP contribution in [0.4, 0.5) is 4.79 Å². The van der Waals surface area contributed by atoms with Crippen molar-refractivity contribution < 1.29 is 24.2 Å². The van der Waals surface area contributed by atoms with Gasteiger partial charge in [-0.3, -0.25) is 4.79 Å². The number of ether oxygens (including phenoxy) is 1. The van der Waals surface area contributed by atoms with Crippen molar-refractivity contribution in [2.24, 2.45) is 11.3 Å². The van der Waals surface area contributed by atoms with Crippen molar-refractivity contribution in [3.8, 4) is 0 Å². The third kappa shape index (κ3) is 8.74. The fraction of sp³-hybridized carbons (Fsp3) is 0.824. The maximum absolute atomic E-state index is 12.5. The second kappa shape index (κ2) is 8.35. The molecule has 0 aliphatic rings. The van der Waals surface area contributed by atoms with Crippen LogP contribution in [-0.4, -0.2) is 40.8 Å². The number of alkyl carbamates (subject to hydrolysis) is 1. The molecule has 0 rings (SSSR count). The second-order valence-corrected chi connectivity index (χ2v) is 8.47. The molecule has 0 radical (unpaired) electrons. The number of amides is 2. The highest BCUT2D eigenvalue weighted by atomic mass is 16.6. The van der Waals surface area contributed by atoms with Gasteiger partial charge in [-0.15, -0.1) is 0 Å². The molecule has 0 aliphatic carbocycles. The van der Waals surface area contributed by atoms with Crippen LogP contribution in [0.3, 0.4) is 0 Å². The lowest BCUT2D eigenvalue weighted by Gasteiger charge is -2.30. The summed E-state index contributed by atoms with van der Waals surface area (Å²) in [5, 5.41) is 14.4. The Morgan fingerprint density at radius 3 is 1.83 bits per heavy atom. The van der Waals surface area contributed by atoms with Crippen LogP contribution in [-0.2, 0) is 14.3 Å². The predicted octanol–water partition coefficient (Wildman–Crippen LogP) is 2.54. The molecule has 0 saturated carbocycles. The van der Waals surface area contributed by atoms with E-state index in [1.54, 1.807) is 41.5 Å². The quantitative estimate of drug-likeness (QED) is 0.687. The molecule has 0 saturated heterocycles. The first-order valence-electron chi connectivity index (χ1n) is 8.16. The molecule has 0 fully saturated rings. The Hall–Kier alpha value is -1.79. The summed E-state index contributed by atoms with van der Waals surface area (Å²) in [5.74, 6) is -1.51. The van der Waals surface area contributed by atoms with E-state index in [9.17, 15) is 19.5 Å². The molecular formula is C17H32N2O5. The molecule has 3 N–H and O–H groups in total. The van der Waals surface area contributed by atoms with Crippen molar-refractivity contribution >= 4 is 18.0 Å². The fourth-order valence-corrected chi connectivity index (χ4v) is 2.04. The Kier molecular flexibility index (Phi) is 7.73. The zero-order valence-corrected chi connectivity index (χ0v) is 16.0. The van der Waals surface area contributed by atoms with Crippen LogP contribution in [0.15, 0.2) is 0 Å². The van der Waals surface area contributed by atoms with Crippen molar-refractivity contribution in [2.75, 3.05) is 0 Å². The molecule has 0 heterocycles. The van der Waals surface area contributed by atoms with Gasteiger partial charge in [0.25, 0.3) is 0 Å². The number of rotatable bonds is 6. The minimum absolute atomic E-state index is 0.133. The molecule has 0 unspecified atom stereocenters. The van der Waals surface area contributed by atoms with Gasteiger partial charge in [0.05, 0.1) is 0 Å². The summed E-state index contributed by atoms with van der Waals surface area (Å²) >= 11 is 0. The molecule has 0 aromatic carbocycles. The van der Waals surface area contributed by atoms with Crippen molar-refractivity contribution in [2.45, 2.75) is 79.5 Å². The lowest BCUT2D eigenvalue weighted by molar-refractivity contribution is -0.145. The van der Waals surface area contributed by atoms with Gasteiger partial charge in [-0.05, 0) is 38.5 Å². The number of carbonyl (C=O) groups excluding carboxylic acids is 2. The Labute approximate surface area is 144 Å². The van der Waals surface area contributed by atoms with Crippen LogP contribution in [0.25, 0.3) is 0 Å². The highest BCUT2D eigenvalue weighted by Crippen LogP contribution is 2.20. The van der Waals surface area contributed by atoms with Gasteiger partial charge in [-0.2, -0.15) is 0 Å². The van der Waals surface area contributed by atoms with Gasteiger partial charge >= 0.3 is 12.1 Å². The standard InChI is InChI=1S/C17H32N2O5/c1-10(2)9-11(18-15(23)24-17(6,7)8)13(20)19-12(14(21)22)16(3,4)5/h10-12H,9H2,1-8H3,(H,18,23)(H,19,20)(H,21,22)/t11-,12+/m0/s1. The summed E-state index contributed by atoms with van der Waals surface area (Å²) < 4.78 is 5.17. The molecular weight excluding hydrogens is 312 g/mol. The summed E-state index contributed by atoms with van der Waals surface area (Å²) in [6.07, 6.45) is -0.326. The minimum Gasteiger partial charge on any atom is -0.480 e. The van der Waals surface area contributed by atoms with Crippen molar-refractivity contribution in [1.29, 1.82) is 0 Å². The third-order valence-corrected chi connectivity index (χ3v) is 3.11. The fourth-order valence-electron chi connectivity index (χ4n) is 2.04. The number of nitrogens with one attached hydrogen (secondary N) is 2. The summed E-state index contributed by atoms with van der Waals surface area (Å²) in [5.41, 5.74) is -1.34. The molecule has 140 valence electrons. The van der Waals surface area contributed by atoms with Crippen LogP contribution in [0.1, 0.15) is 61.8 Å². The number of aliphatic carboxylic acids is 1. The van der Waals surface area contributed by atoms with Crippen LogP contribution in [0.5, 0.6) is 0 Å². The van der Waals surface area contributed by atoms with E-state index in [1.807, 2.05) is 13.8 Å². The zero-order valence-electron chi connectivity index (χ0n) is 16.0. The largest absolute Gasteiger partial charge is 0.480 e. The van der Waals surface area contributed by atoms with Gasteiger partial charge in [0, 0.05) is 0 Å². The molecule has 0 bridgehead atoms. The Balaban J connectivity index is 5.13. The summed E-state index contributed by atoms with van der Waals surface area (Å²) in [6, 6.07) is -1.91. The normalized spacial score (nSPS) is 14.7. The van der Waals surface area contributed by atoms with E-state index in [1.165, 1.54) is 0 Å². The van der Waals surface area contributed by atoms with Gasteiger partial charge in [0.1, 0.15) is 17.7 Å². The van der Waals surface area contributed by atoms with Crippen LogP contribution < -0.4 is 10.6 Å². The molecule has 7 nitrogen and oxygen atoms in total. The maximum atomic E-state index is 12.5. The lowest BCUT2D eigenvalue weighted by atomic mass is 9.86. The summed E-state index contributed by atoms with van der Waals surface area (Å²) in [7, 11) is 0. The summed E-state index contributed by atoms with van der Waals surface area (Å²) in [6.45, 7) is 14.2. The first kappa shape index (κ1) is 22.2. The van der Waals surface area contributed by atoms with E-state index < -0.39 is 41.1 Å². The molecule has 2 atom stereocenters. The smallest absolute Gasteiger partial charge is 0.408 e. The molecule has 0 aromatic rings. The maximum Gasteiger partial charge on any atom is 0.408 e. The predicted molar refractivity (Wildman–Crippen MR) is 91.6 cm³/mol. The first-order chi connectivity index (χ1) is 10.6. The second-order valence-electron chi connectivity index (χ2n) is 8.47. The van der Waals surface area contributed by atoms with Crippen LogP contribution in [0, 0.1) is 11.3 Å². The van der Waals surface area contributed by atoms with Crippen LogP contribution >= 0.6 is 0 Å². The Morgan fingerprint density at radius 1 is 1.00 bits per heavy atom. The van der Waals surface area contributed by atoms with Crippen molar-refractivity contribution in [3.63, 3.8) is 0 Å². The van der Waals surface area contributed by atoms with Gasteiger partial charge in [0.15, 0.2) is 0 Å².